The van der Waals surface area contributed by atoms with Crippen LogP contribution in [0.1, 0.15) is 66.5 Å². The molecule has 0 spiro atoms. The number of nitrogens with zero attached hydrogens (tertiary/aromatic N) is 6. The van der Waals surface area contributed by atoms with Gasteiger partial charge >= 0.3 is 0 Å². The number of aryl methyl sites for hydroxylation is 1. The number of hydrogen-bond donors (Lipinski definition) is 2. The molecule has 3 aromatic heterocycles. The van der Waals surface area contributed by atoms with Crippen LogP contribution in [-0.4, -0.2) is 36.3 Å². The van der Waals surface area contributed by atoms with Crippen LogP contribution in [0.2, 0.25) is 0 Å². The average molecular weight is 509 g/mol. The zero-order chi connectivity index (χ0) is 26.4. The summed E-state index contributed by atoms with van der Waals surface area (Å²) >= 11 is 0. The fourth-order valence-corrected chi connectivity index (χ4v) is 6.15. The predicted octanol–water partition coefficient (Wildman–Crippen LogP) is 3.75. The molecule has 0 radical (unpaired) electrons. The van der Waals surface area contributed by atoms with Crippen molar-refractivity contribution in [2.45, 2.75) is 57.0 Å². The number of nitriles is 1. The van der Waals surface area contributed by atoms with Crippen LogP contribution in [0.15, 0.2) is 48.9 Å². The van der Waals surface area contributed by atoms with Gasteiger partial charge in [0, 0.05) is 37.9 Å². The van der Waals surface area contributed by atoms with Gasteiger partial charge in [-0.1, -0.05) is 12.1 Å². The Bertz CT molecular complexity index is 1550. The third-order valence-corrected chi connectivity index (χ3v) is 8.39. The number of fused-ring (bicyclic) bond motifs is 1. The van der Waals surface area contributed by atoms with Crippen molar-refractivity contribution < 1.29 is 4.79 Å². The van der Waals surface area contributed by atoms with E-state index in [-0.39, 0.29) is 11.1 Å². The molecule has 194 valence electrons. The van der Waals surface area contributed by atoms with Gasteiger partial charge in [-0.15, -0.1) is 10.2 Å². The Balaban J connectivity index is 1.42. The number of carbonyl (C=O) groups is 1. The lowest BCUT2D eigenvalue weighted by Gasteiger charge is -2.46. The van der Waals surface area contributed by atoms with E-state index in [1.807, 2.05) is 29.9 Å². The largest absolute Gasteiger partial charge is 0.364 e. The first-order valence-corrected chi connectivity index (χ1v) is 13.3. The molecule has 1 amide bonds. The number of aromatic nitrogens is 5. The molecule has 2 aliphatic carbocycles. The maximum absolute atomic E-state index is 12.0. The van der Waals surface area contributed by atoms with Crippen molar-refractivity contribution in [3.63, 3.8) is 0 Å². The van der Waals surface area contributed by atoms with Gasteiger partial charge in [0.05, 0.1) is 22.5 Å². The summed E-state index contributed by atoms with van der Waals surface area (Å²) in [7, 11) is 1.97. The summed E-state index contributed by atoms with van der Waals surface area (Å²) in [6.07, 6.45) is 8.54. The number of amides is 1. The highest BCUT2D eigenvalue weighted by Gasteiger charge is 2.49. The number of nitrogens with two attached hydrogens (primary N) is 1. The van der Waals surface area contributed by atoms with Crippen LogP contribution in [0.25, 0.3) is 16.7 Å². The highest BCUT2D eigenvalue weighted by Crippen LogP contribution is 2.53. The van der Waals surface area contributed by atoms with Gasteiger partial charge in [0.25, 0.3) is 5.91 Å². The van der Waals surface area contributed by atoms with Gasteiger partial charge in [-0.3, -0.25) is 4.79 Å². The second-order valence-corrected chi connectivity index (χ2v) is 11.0. The summed E-state index contributed by atoms with van der Waals surface area (Å²) in [6, 6.07) is 15.0. The van der Waals surface area contributed by atoms with Crippen LogP contribution in [0.4, 0.5) is 0 Å². The minimum Gasteiger partial charge on any atom is -0.364 e. The molecule has 38 heavy (non-hydrogen) atoms. The molecule has 0 saturated heterocycles. The van der Waals surface area contributed by atoms with Gasteiger partial charge in [-0.25, -0.2) is 4.98 Å². The molecule has 9 heteroatoms. The predicted molar refractivity (Wildman–Crippen MR) is 143 cm³/mol. The van der Waals surface area contributed by atoms with Crippen molar-refractivity contribution in [1.29, 1.82) is 5.26 Å². The Labute approximate surface area is 221 Å². The SMILES string of the molecule is C[C@H](NCc1cc(C(N)=O)nc2ccn(-c3cccc(C4(c5nncn5C)CC(CC#N)C4)c3)c12)C1CC1. The van der Waals surface area contributed by atoms with Crippen LogP contribution in [0, 0.1) is 23.2 Å². The highest BCUT2D eigenvalue weighted by atomic mass is 16.1. The molecular weight excluding hydrogens is 476 g/mol. The van der Waals surface area contributed by atoms with E-state index in [4.69, 9.17) is 5.73 Å². The molecule has 1 aromatic carbocycles. The molecule has 2 saturated carbocycles. The smallest absolute Gasteiger partial charge is 0.267 e. The van der Waals surface area contributed by atoms with Crippen molar-refractivity contribution in [2.24, 2.45) is 24.6 Å². The molecule has 0 aliphatic heterocycles. The van der Waals surface area contributed by atoms with Crippen molar-refractivity contribution in [3.8, 4) is 11.8 Å². The topological polar surface area (TPSA) is 127 Å². The highest BCUT2D eigenvalue weighted by molar-refractivity contribution is 5.94. The number of rotatable bonds is 9. The Morgan fingerprint density at radius 1 is 1.29 bits per heavy atom. The van der Waals surface area contributed by atoms with E-state index in [1.54, 1.807) is 6.33 Å². The van der Waals surface area contributed by atoms with Gasteiger partial charge in [0.1, 0.15) is 17.8 Å². The Morgan fingerprint density at radius 2 is 2.11 bits per heavy atom. The van der Waals surface area contributed by atoms with E-state index < -0.39 is 5.91 Å². The second kappa shape index (κ2) is 9.37. The van der Waals surface area contributed by atoms with Crippen molar-refractivity contribution in [3.05, 3.63) is 71.6 Å². The fourth-order valence-electron chi connectivity index (χ4n) is 6.15. The zero-order valence-electron chi connectivity index (χ0n) is 21.8. The fraction of sp³-hybridized carbons (Fsp3) is 0.414. The van der Waals surface area contributed by atoms with Gasteiger partial charge < -0.3 is 20.2 Å². The first-order chi connectivity index (χ1) is 18.4. The van der Waals surface area contributed by atoms with Gasteiger partial charge in [-0.05, 0) is 79.8 Å². The number of nitrogens with one attached hydrogen (secondary N) is 1. The summed E-state index contributed by atoms with van der Waals surface area (Å²) in [6.45, 7) is 2.84. The Kier molecular flexibility index (Phi) is 6.00. The first-order valence-electron chi connectivity index (χ1n) is 13.3. The summed E-state index contributed by atoms with van der Waals surface area (Å²) in [4.78, 5) is 16.6. The summed E-state index contributed by atoms with van der Waals surface area (Å²) in [5, 5.41) is 21.5. The van der Waals surface area contributed by atoms with Crippen molar-refractivity contribution in [1.82, 2.24) is 29.6 Å². The van der Waals surface area contributed by atoms with E-state index >= 15 is 0 Å². The Hall–Kier alpha value is -4.03. The number of benzene rings is 1. The molecule has 0 unspecified atom stereocenters. The molecule has 6 rings (SSSR count). The molecule has 4 aromatic rings. The summed E-state index contributed by atoms with van der Waals surface area (Å²) in [5.74, 6) is 1.46. The number of carbonyl (C=O) groups excluding carboxylic acids is 1. The Morgan fingerprint density at radius 3 is 2.79 bits per heavy atom. The number of primary amides is 1. The van der Waals surface area contributed by atoms with Crippen LogP contribution in [-0.2, 0) is 19.0 Å². The van der Waals surface area contributed by atoms with Gasteiger partial charge in [-0.2, -0.15) is 5.26 Å². The molecule has 2 aliphatic rings. The third-order valence-electron chi connectivity index (χ3n) is 8.39. The van der Waals surface area contributed by atoms with Gasteiger partial charge in [0.15, 0.2) is 0 Å². The lowest BCUT2D eigenvalue weighted by atomic mass is 9.57. The van der Waals surface area contributed by atoms with E-state index in [0.29, 0.717) is 24.9 Å². The van der Waals surface area contributed by atoms with Crippen LogP contribution < -0.4 is 11.1 Å². The minimum absolute atomic E-state index is 0.277. The second-order valence-electron chi connectivity index (χ2n) is 11.0. The molecule has 9 nitrogen and oxygen atoms in total. The first kappa shape index (κ1) is 24.3. The average Bonchev–Trinajstić information content (AvgIpc) is 3.52. The maximum atomic E-state index is 12.0. The monoisotopic (exact) mass is 508 g/mol. The van der Waals surface area contributed by atoms with Crippen molar-refractivity contribution >= 4 is 16.9 Å². The molecule has 3 N–H and O–H groups in total. The van der Waals surface area contributed by atoms with Gasteiger partial charge in [0.2, 0.25) is 0 Å². The van der Waals surface area contributed by atoms with Crippen LogP contribution in [0.5, 0.6) is 0 Å². The normalized spacial score (nSPS) is 21.7. The molecule has 1 atom stereocenters. The quantitative estimate of drug-likeness (QED) is 0.354. The maximum Gasteiger partial charge on any atom is 0.267 e. The number of pyridine rings is 1. The van der Waals surface area contributed by atoms with E-state index in [1.165, 1.54) is 12.8 Å². The van der Waals surface area contributed by atoms with Crippen molar-refractivity contribution in [2.75, 3.05) is 0 Å². The lowest BCUT2D eigenvalue weighted by Crippen LogP contribution is -2.44. The minimum atomic E-state index is -0.527. The van der Waals surface area contributed by atoms with E-state index in [9.17, 15) is 10.1 Å². The summed E-state index contributed by atoms with van der Waals surface area (Å²) in [5.41, 5.74) is 10.5. The van der Waals surface area contributed by atoms with E-state index in [0.717, 1.165) is 52.4 Å². The molecule has 2 fully saturated rings. The lowest BCUT2D eigenvalue weighted by molar-refractivity contribution is 0.0996. The molecule has 0 bridgehead atoms. The standard InChI is InChI=1S/C29H32N8O/c1-18(20-6-7-20)32-16-21-12-25(27(31)38)34-24-9-11-37(26(21)24)23-5-3-4-22(13-23)29(14-19(15-29)8-10-30)28-35-33-17-36(28)2/h3-5,9,11-13,17-20,32H,6-8,14-16H2,1-2H3,(H2,31,38)/t18-,19?,29?/m0/s1. The summed E-state index contributed by atoms with van der Waals surface area (Å²) < 4.78 is 4.13. The zero-order valence-corrected chi connectivity index (χ0v) is 21.8. The third kappa shape index (κ3) is 4.15. The van der Waals surface area contributed by atoms with Crippen LogP contribution >= 0.6 is 0 Å². The molecular formula is C29H32N8O. The molecule has 3 heterocycles. The number of hydrogen-bond acceptors (Lipinski definition) is 6. The van der Waals surface area contributed by atoms with E-state index in [2.05, 4.69) is 62.3 Å². The van der Waals surface area contributed by atoms with Crippen LogP contribution in [0.3, 0.4) is 0 Å².